The van der Waals surface area contributed by atoms with Crippen molar-refractivity contribution < 1.29 is 14.3 Å². The van der Waals surface area contributed by atoms with E-state index in [1.165, 1.54) is 0 Å². The molecular formula is C23H23N3O3. The number of hydrogen-bond donors (Lipinski definition) is 1. The predicted octanol–water partition coefficient (Wildman–Crippen LogP) is 4.59. The third kappa shape index (κ3) is 3.74. The summed E-state index contributed by atoms with van der Waals surface area (Å²) in [6.07, 6.45) is 1.81. The summed E-state index contributed by atoms with van der Waals surface area (Å²) < 4.78 is 12.4. The van der Waals surface area contributed by atoms with Crippen molar-refractivity contribution in [3.63, 3.8) is 0 Å². The quantitative estimate of drug-likeness (QED) is 0.489. The van der Waals surface area contributed by atoms with Gasteiger partial charge in [0.2, 0.25) is 0 Å². The average Bonchev–Trinajstić information content (AvgIpc) is 3.18. The molecule has 0 saturated carbocycles. The van der Waals surface area contributed by atoms with E-state index in [4.69, 9.17) is 14.5 Å². The number of esters is 1. The van der Waals surface area contributed by atoms with E-state index < -0.39 is 0 Å². The zero-order valence-electron chi connectivity index (χ0n) is 16.7. The number of ether oxygens (including phenoxy) is 2. The molecular weight excluding hydrogens is 366 g/mol. The predicted molar refractivity (Wildman–Crippen MR) is 114 cm³/mol. The highest BCUT2D eigenvalue weighted by atomic mass is 16.5. The van der Waals surface area contributed by atoms with Crippen molar-refractivity contribution >= 4 is 28.3 Å². The van der Waals surface area contributed by atoms with Crippen LogP contribution in [0.25, 0.3) is 16.6 Å². The first-order chi connectivity index (χ1) is 14.1. The highest BCUT2D eigenvalue weighted by Gasteiger charge is 2.15. The SMILES string of the molecule is CCOC(=O)c1cc2c(NCc3ccc(OC)cc3)nc3cc(C)ccc3n2c1. The van der Waals surface area contributed by atoms with Crippen LogP contribution in [0, 0.1) is 6.92 Å². The molecule has 0 aliphatic heterocycles. The third-order valence-electron chi connectivity index (χ3n) is 4.82. The molecule has 0 amide bonds. The Morgan fingerprint density at radius 1 is 1.10 bits per heavy atom. The Morgan fingerprint density at radius 2 is 1.90 bits per heavy atom. The first kappa shape index (κ1) is 18.8. The average molecular weight is 389 g/mol. The molecule has 0 unspecified atom stereocenters. The number of carbonyl (C=O) groups is 1. The molecule has 0 aliphatic rings. The van der Waals surface area contributed by atoms with Crippen molar-refractivity contribution in [1.82, 2.24) is 9.38 Å². The summed E-state index contributed by atoms with van der Waals surface area (Å²) in [7, 11) is 1.65. The van der Waals surface area contributed by atoms with E-state index in [9.17, 15) is 4.79 Å². The molecule has 4 rings (SSSR count). The maximum absolute atomic E-state index is 12.3. The van der Waals surface area contributed by atoms with Gasteiger partial charge in [0.1, 0.15) is 5.75 Å². The fourth-order valence-electron chi connectivity index (χ4n) is 3.33. The highest BCUT2D eigenvalue weighted by molar-refractivity contribution is 5.95. The zero-order chi connectivity index (χ0) is 20.4. The van der Waals surface area contributed by atoms with E-state index in [2.05, 4.69) is 5.32 Å². The van der Waals surface area contributed by atoms with Gasteiger partial charge in [-0.15, -0.1) is 0 Å². The lowest BCUT2D eigenvalue weighted by molar-refractivity contribution is 0.0526. The number of nitrogens with zero attached hydrogens (tertiary/aromatic N) is 2. The Bertz CT molecular complexity index is 1180. The molecule has 0 saturated heterocycles. The maximum atomic E-state index is 12.3. The van der Waals surface area contributed by atoms with Gasteiger partial charge < -0.3 is 19.2 Å². The summed E-state index contributed by atoms with van der Waals surface area (Å²) in [5, 5.41) is 3.41. The van der Waals surface area contributed by atoms with Crippen molar-refractivity contribution in [2.75, 3.05) is 19.0 Å². The van der Waals surface area contributed by atoms with Crippen LogP contribution in [-0.2, 0) is 11.3 Å². The van der Waals surface area contributed by atoms with Gasteiger partial charge in [-0.2, -0.15) is 0 Å². The van der Waals surface area contributed by atoms with Crippen LogP contribution in [0.15, 0.2) is 54.7 Å². The molecule has 29 heavy (non-hydrogen) atoms. The van der Waals surface area contributed by atoms with E-state index in [0.29, 0.717) is 18.7 Å². The van der Waals surface area contributed by atoms with Gasteiger partial charge in [-0.3, -0.25) is 0 Å². The van der Waals surface area contributed by atoms with Crippen molar-refractivity contribution in [3.05, 3.63) is 71.4 Å². The Kier molecular flexibility index (Phi) is 5.08. The van der Waals surface area contributed by atoms with Gasteiger partial charge in [-0.25, -0.2) is 9.78 Å². The van der Waals surface area contributed by atoms with Crippen LogP contribution in [0.4, 0.5) is 5.82 Å². The fourth-order valence-corrected chi connectivity index (χ4v) is 3.33. The lowest BCUT2D eigenvalue weighted by atomic mass is 10.2. The number of nitrogens with one attached hydrogen (secondary N) is 1. The Morgan fingerprint density at radius 3 is 2.62 bits per heavy atom. The number of rotatable bonds is 6. The number of carbonyl (C=O) groups excluding carboxylic acids is 1. The molecule has 4 aromatic rings. The van der Waals surface area contributed by atoms with Crippen molar-refractivity contribution in [2.45, 2.75) is 20.4 Å². The van der Waals surface area contributed by atoms with Crippen molar-refractivity contribution in [3.8, 4) is 5.75 Å². The number of fused-ring (bicyclic) bond motifs is 3. The van der Waals surface area contributed by atoms with E-state index in [-0.39, 0.29) is 5.97 Å². The Balaban J connectivity index is 1.76. The number of hydrogen-bond acceptors (Lipinski definition) is 5. The maximum Gasteiger partial charge on any atom is 0.339 e. The van der Waals surface area contributed by atoms with E-state index in [0.717, 1.165) is 39.2 Å². The molecule has 0 radical (unpaired) electrons. The molecule has 0 atom stereocenters. The minimum Gasteiger partial charge on any atom is -0.497 e. The van der Waals surface area contributed by atoms with Crippen LogP contribution in [0.2, 0.25) is 0 Å². The first-order valence-corrected chi connectivity index (χ1v) is 9.55. The Hall–Kier alpha value is -3.54. The summed E-state index contributed by atoms with van der Waals surface area (Å²) in [4.78, 5) is 17.1. The normalized spacial score (nSPS) is 11.0. The molecule has 1 N–H and O–H groups in total. The standard InChI is InChI=1S/C23H23N3O3/c1-4-29-23(27)17-12-21-22(24-13-16-6-8-18(28-3)9-7-16)25-19-11-15(2)5-10-20(19)26(21)14-17/h5-12,14H,4,13H2,1-3H3,(H,24,25). The summed E-state index contributed by atoms with van der Waals surface area (Å²) >= 11 is 0. The molecule has 0 bridgehead atoms. The van der Waals surface area contributed by atoms with Crippen LogP contribution in [-0.4, -0.2) is 29.1 Å². The number of aryl methyl sites for hydroxylation is 1. The lowest BCUT2D eigenvalue weighted by Crippen LogP contribution is -2.04. The fraction of sp³-hybridized carbons (Fsp3) is 0.217. The molecule has 148 valence electrons. The molecule has 0 aliphatic carbocycles. The molecule has 2 heterocycles. The second-order valence-corrected chi connectivity index (χ2v) is 6.86. The van der Waals surface area contributed by atoms with Gasteiger partial charge in [0.15, 0.2) is 5.82 Å². The summed E-state index contributed by atoms with van der Waals surface area (Å²) in [6, 6.07) is 15.8. The van der Waals surface area contributed by atoms with Gasteiger partial charge in [0.05, 0.1) is 35.8 Å². The number of aromatic nitrogens is 2. The number of anilines is 1. The first-order valence-electron chi connectivity index (χ1n) is 9.55. The smallest absolute Gasteiger partial charge is 0.339 e. The van der Waals surface area contributed by atoms with Gasteiger partial charge in [-0.05, 0) is 55.3 Å². The molecule has 2 aromatic carbocycles. The van der Waals surface area contributed by atoms with Crippen LogP contribution in [0.1, 0.15) is 28.4 Å². The molecule has 0 spiro atoms. The molecule has 6 heteroatoms. The van der Waals surface area contributed by atoms with E-state index in [1.807, 2.05) is 66.1 Å². The number of benzene rings is 2. The van der Waals surface area contributed by atoms with Crippen molar-refractivity contribution in [1.29, 1.82) is 0 Å². The largest absolute Gasteiger partial charge is 0.497 e. The summed E-state index contributed by atoms with van der Waals surface area (Å²) in [5.41, 5.74) is 5.37. The zero-order valence-corrected chi connectivity index (χ0v) is 16.7. The van der Waals surface area contributed by atoms with Crippen LogP contribution >= 0.6 is 0 Å². The third-order valence-corrected chi connectivity index (χ3v) is 4.82. The second-order valence-electron chi connectivity index (χ2n) is 6.86. The second kappa shape index (κ2) is 7.83. The van der Waals surface area contributed by atoms with Gasteiger partial charge in [0.25, 0.3) is 0 Å². The lowest BCUT2D eigenvalue weighted by Gasteiger charge is -2.11. The summed E-state index contributed by atoms with van der Waals surface area (Å²) in [5.74, 6) is 1.20. The van der Waals surface area contributed by atoms with E-state index in [1.54, 1.807) is 14.0 Å². The van der Waals surface area contributed by atoms with Crippen LogP contribution < -0.4 is 10.1 Å². The van der Waals surface area contributed by atoms with Gasteiger partial charge in [0, 0.05) is 12.7 Å². The van der Waals surface area contributed by atoms with Gasteiger partial charge in [-0.1, -0.05) is 18.2 Å². The topological polar surface area (TPSA) is 64.9 Å². The Labute approximate surface area is 169 Å². The summed E-state index contributed by atoms with van der Waals surface area (Å²) in [6.45, 7) is 4.78. The van der Waals surface area contributed by atoms with Gasteiger partial charge >= 0.3 is 5.97 Å². The monoisotopic (exact) mass is 389 g/mol. The molecule has 2 aromatic heterocycles. The minimum atomic E-state index is -0.336. The molecule has 0 fully saturated rings. The molecule has 6 nitrogen and oxygen atoms in total. The van der Waals surface area contributed by atoms with Crippen LogP contribution in [0.3, 0.4) is 0 Å². The highest BCUT2D eigenvalue weighted by Crippen LogP contribution is 2.26. The van der Waals surface area contributed by atoms with Crippen LogP contribution in [0.5, 0.6) is 5.75 Å². The van der Waals surface area contributed by atoms with Crippen molar-refractivity contribution in [2.24, 2.45) is 0 Å². The minimum absolute atomic E-state index is 0.336. The van der Waals surface area contributed by atoms with E-state index >= 15 is 0 Å². The number of methoxy groups -OCH3 is 1.